The SMILES string of the molecule is O=C(c1ccc(F)c(O)c1)N1CCCc2ccccc2C1. The second kappa shape index (κ2) is 5.56. The minimum absolute atomic E-state index is 0.179. The van der Waals surface area contributed by atoms with E-state index < -0.39 is 11.6 Å². The number of hydrogen-bond acceptors (Lipinski definition) is 2. The van der Waals surface area contributed by atoms with Gasteiger partial charge in [-0.1, -0.05) is 24.3 Å². The number of carbonyl (C=O) groups is 1. The molecule has 4 heteroatoms. The molecule has 21 heavy (non-hydrogen) atoms. The van der Waals surface area contributed by atoms with E-state index in [2.05, 4.69) is 6.07 Å². The Bertz CT molecular complexity index is 684. The molecule has 3 rings (SSSR count). The van der Waals surface area contributed by atoms with Crippen LogP contribution in [0.15, 0.2) is 42.5 Å². The topological polar surface area (TPSA) is 40.5 Å². The first-order chi connectivity index (χ1) is 10.1. The van der Waals surface area contributed by atoms with Crippen molar-refractivity contribution in [2.75, 3.05) is 6.54 Å². The van der Waals surface area contributed by atoms with Gasteiger partial charge in [0.15, 0.2) is 11.6 Å². The fourth-order valence-electron chi connectivity index (χ4n) is 2.70. The maximum atomic E-state index is 13.1. The number of benzene rings is 2. The monoisotopic (exact) mass is 285 g/mol. The maximum absolute atomic E-state index is 13.1. The zero-order valence-corrected chi connectivity index (χ0v) is 11.6. The van der Waals surface area contributed by atoms with Crippen LogP contribution in [0.25, 0.3) is 0 Å². The van der Waals surface area contributed by atoms with E-state index in [1.807, 2.05) is 18.2 Å². The van der Waals surface area contributed by atoms with Crippen LogP contribution in [-0.2, 0) is 13.0 Å². The number of phenolic OH excluding ortho intramolecular Hbond substituents is 1. The third kappa shape index (κ3) is 2.75. The van der Waals surface area contributed by atoms with E-state index >= 15 is 0 Å². The van der Waals surface area contributed by atoms with Gasteiger partial charge in [-0.25, -0.2) is 4.39 Å². The van der Waals surface area contributed by atoms with Gasteiger partial charge in [0, 0.05) is 18.7 Å². The lowest BCUT2D eigenvalue weighted by molar-refractivity contribution is 0.0745. The third-order valence-electron chi connectivity index (χ3n) is 3.83. The Balaban J connectivity index is 1.86. The smallest absolute Gasteiger partial charge is 0.254 e. The van der Waals surface area contributed by atoms with Crippen molar-refractivity contribution < 1.29 is 14.3 Å². The molecule has 1 aliphatic heterocycles. The molecule has 1 N–H and O–H groups in total. The third-order valence-corrected chi connectivity index (χ3v) is 3.83. The molecule has 0 atom stereocenters. The Morgan fingerprint density at radius 2 is 1.90 bits per heavy atom. The van der Waals surface area contributed by atoms with E-state index in [4.69, 9.17) is 0 Å². The lowest BCUT2D eigenvalue weighted by Gasteiger charge is -2.21. The van der Waals surface area contributed by atoms with Crippen molar-refractivity contribution in [3.63, 3.8) is 0 Å². The molecule has 108 valence electrons. The molecule has 0 unspecified atom stereocenters. The van der Waals surface area contributed by atoms with Crippen molar-refractivity contribution in [1.29, 1.82) is 0 Å². The van der Waals surface area contributed by atoms with Crippen LogP contribution in [0.2, 0.25) is 0 Å². The second-order valence-corrected chi connectivity index (χ2v) is 5.27. The largest absolute Gasteiger partial charge is 0.505 e. The van der Waals surface area contributed by atoms with Crippen molar-refractivity contribution in [2.24, 2.45) is 0 Å². The number of amides is 1. The Morgan fingerprint density at radius 1 is 1.14 bits per heavy atom. The zero-order chi connectivity index (χ0) is 14.8. The van der Waals surface area contributed by atoms with Crippen LogP contribution in [-0.4, -0.2) is 22.5 Å². The van der Waals surface area contributed by atoms with E-state index in [9.17, 15) is 14.3 Å². The lowest BCUT2D eigenvalue weighted by Crippen LogP contribution is -2.30. The Hall–Kier alpha value is -2.36. The number of carbonyl (C=O) groups excluding carboxylic acids is 1. The predicted molar refractivity (Wildman–Crippen MR) is 77.6 cm³/mol. The van der Waals surface area contributed by atoms with E-state index in [0.29, 0.717) is 18.7 Å². The lowest BCUT2D eigenvalue weighted by atomic mass is 10.0. The molecule has 1 amide bonds. The number of phenols is 1. The first-order valence-corrected chi connectivity index (χ1v) is 7.00. The summed E-state index contributed by atoms with van der Waals surface area (Å²) < 4.78 is 13.1. The molecule has 1 heterocycles. The number of nitrogens with zero attached hydrogens (tertiary/aromatic N) is 1. The highest BCUT2D eigenvalue weighted by atomic mass is 19.1. The van der Waals surface area contributed by atoms with Gasteiger partial charge in [-0.3, -0.25) is 4.79 Å². The van der Waals surface area contributed by atoms with Crippen LogP contribution >= 0.6 is 0 Å². The minimum atomic E-state index is -0.715. The van der Waals surface area contributed by atoms with Gasteiger partial charge in [0.05, 0.1) is 0 Å². The van der Waals surface area contributed by atoms with Gasteiger partial charge in [-0.15, -0.1) is 0 Å². The maximum Gasteiger partial charge on any atom is 0.254 e. The molecule has 0 fully saturated rings. The Labute approximate surface area is 122 Å². The van der Waals surface area contributed by atoms with Gasteiger partial charge in [-0.05, 0) is 42.2 Å². The summed E-state index contributed by atoms with van der Waals surface area (Å²) in [5.74, 6) is -1.38. The molecule has 2 aromatic rings. The van der Waals surface area contributed by atoms with E-state index in [-0.39, 0.29) is 5.91 Å². The van der Waals surface area contributed by atoms with E-state index in [1.54, 1.807) is 4.90 Å². The highest BCUT2D eigenvalue weighted by Crippen LogP contribution is 2.22. The predicted octanol–water partition coefficient (Wildman–Crippen LogP) is 3.12. The number of rotatable bonds is 1. The summed E-state index contributed by atoms with van der Waals surface area (Å²) in [5.41, 5.74) is 2.73. The summed E-state index contributed by atoms with van der Waals surface area (Å²) >= 11 is 0. The average Bonchev–Trinajstić information content (AvgIpc) is 2.71. The fourth-order valence-corrected chi connectivity index (χ4v) is 2.70. The number of fused-ring (bicyclic) bond motifs is 1. The Morgan fingerprint density at radius 3 is 2.67 bits per heavy atom. The molecule has 0 saturated heterocycles. The Kier molecular flexibility index (Phi) is 3.60. The number of aromatic hydroxyl groups is 1. The number of halogens is 1. The van der Waals surface area contributed by atoms with E-state index in [1.165, 1.54) is 17.7 Å². The first-order valence-electron chi connectivity index (χ1n) is 7.00. The van der Waals surface area contributed by atoms with Crippen LogP contribution in [0, 0.1) is 5.82 Å². The standard InChI is InChI=1S/C17H16FNO2/c18-15-8-7-13(10-16(15)20)17(21)19-9-3-6-12-4-1-2-5-14(12)11-19/h1-2,4-5,7-8,10,20H,3,6,9,11H2. The molecule has 0 radical (unpaired) electrons. The molecular weight excluding hydrogens is 269 g/mol. The minimum Gasteiger partial charge on any atom is -0.505 e. The fraction of sp³-hybridized carbons (Fsp3) is 0.235. The van der Waals surface area contributed by atoms with Crippen LogP contribution < -0.4 is 0 Å². The summed E-state index contributed by atoms with van der Waals surface area (Å²) in [6, 6.07) is 11.8. The summed E-state index contributed by atoms with van der Waals surface area (Å²) in [7, 11) is 0. The molecule has 0 saturated carbocycles. The van der Waals surface area contributed by atoms with Crippen molar-refractivity contribution in [1.82, 2.24) is 4.90 Å². The molecule has 0 spiro atoms. The quantitative estimate of drug-likeness (QED) is 0.874. The second-order valence-electron chi connectivity index (χ2n) is 5.27. The first kappa shape index (κ1) is 13.6. The summed E-state index contributed by atoms with van der Waals surface area (Å²) in [4.78, 5) is 14.3. The summed E-state index contributed by atoms with van der Waals surface area (Å²) in [6.07, 6.45) is 1.85. The van der Waals surface area contributed by atoms with E-state index in [0.717, 1.165) is 24.5 Å². The summed E-state index contributed by atoms with van der Waals surface area (Å²) in [5, 5.41) is 9.41. The van der Waals surface area contributed by atoms with Crippen molar-refractivity contribution in [2.45, 2.75) is 19.4 Å². The van der Waals surface area contributed by atoms with Crippen LogP contribution in [0.3, 0.4) is 0 Å². The molecule has 0 aromatic heterocycles. The number of hydrogen-bond donors (Lipinski definition) is 1. The van der Waals surface area contributed by atoms with Crippen molar-refractivity contribution >= 4 is 5.91 Å². The molecule has 0 aliphatic carbocycles. The number of aryl methyl sites for hydroxylation is 1. The van der Waals surface area contributed by atoms with Gasteiger partial charge >= 0.3 is 0 Å². The molecule has 3 nitrogen and oxygen atoms in total. The molecule has 2 aromatic carbocycles. The molecular formula is C17H16FNO2. The highest BCUT2D eigenvalue weighted by Gasteiger charge is 2.20. The molecule has 1 aliphatic rings. The summed E-state index contributed by atoms with van der Waals surface area (Å²) in [6.45, 7) is 1.21. The zero-order valence-electron chi connectivity index (χ0n) is 11.6. The molecule has 0 bridgehead atoms. The highest BCUT2D eigenvalue weighted by molar-refractivity contribution is 5.94. The van der Waals surface area contributed by atoms with Gasteiger partial charge < -0.3 is 10.0 Å². The average molecular weight is 285 g/mol. The van der Waals surface area contributed by atoms with Crippen molar-refractivity contribution in [3.8, 4) is 5.75 Å². The van der Waals surface area contributed by atoms with Gasteiger partial charge in [0.2, 0.25) is 0 Å². The van der Waals surface area contributed by atoms with Gasteiger partial charge in [-0.2, -0.15) is 0 Å². The van der Waals surface area contributed by atoms with Crippen LogP contribution in [0.1, 0.15) is 27.9 Å². The van der Waals surface area contributed by atoms with Crippen LogP contribution in [0.4, 0.5) is 4.39 Å². The van der Waals surface area contributed by atoms with Gasteiger partial charge in [0.1, 0.15) is 0 Å². The van der Waals surface area contributed by atoms with Crippen LogP contribution in [0.5, 0.6) is 5.75 Å². The van der Waals surface area contributed by atoms with Gasteiger partial charge in [0.25, 0.3) is 5.91 Å². The normalized spacial score (nSPS) is 14.4. The van der Waals surface area contributed by atoms with Crippen molar-refractivity contribution in [3.05, 3.63) is 65.0 Å².